The molecule has 1 saturated heterocycles. The molecule has 2 aliphatic heterocycles. The molecule has 0 aliphatic carbocycles. The van der Waals surface area contributed by atoms with E-state index in [0.29, 0.717) is 32.0 Å². The summed E-state index contributed by atoms with van der Waals surface area (Å²) in [5.74, 6) is -1.07. The summed E-state index contributed by atoms with van der Waals surface area (Å²) in [7, 11) is 0. The van der Waals surface area contributed by atoms with Gasteiger partial charge in [0.05, 0.1) is 26.2 Å². The smallest absolute Gasteiger partial charge is 0.434 e. The normalized spacial score (nSPS) is 22.0. The number of nitrogens with one attached hydrogen (secondary N) is 1. The van der Waals surface area contributed by atoms with E-state index >= 15 is 0 Å². The Kier molecular flexibility index (Phi) is 3.42. The number of hydrogen-bond donors (Lipinski definition) is 1. The maximum Gasteiger partial charge on any atom is 0.434 e. The molecule has 0 saturated carbocycles. The molecule has 1 atom stereocenters. The van der Waals surface area contributed by atoms with Crippen molar-refractivity contribution in [3.63, 3.8) is 0 Å². The zero-order valence-corrected chi connectivity index (χ0v) is 12.2. The molecule has 0 spiro atoms. The van der Waals surface area contributed by atoms with Crippen molar-refractivity contribution in [2.24, 2.45) is 0 Å². The molecule has 1 unspecified atom stereocenters. The molecule has 1 aromatic heterocycles. The first-order chi connectivity index (χ1) is 11.1. The largest absolute Gasteiger partial charge is 0.493 e. The molecule has 8 heteroatoms. The van der Waals surface area contributed by atoms with E-state index in [4.69, 9.17) is 18.6 Å². The van der Waals surface area contributed by atoms with E-state index < -0.39 is 11.5 Å². The van der Waals surface area contributed by atoms with Crippen LogP contribution >= 0.6 is 0 Å². The molecule has 2 aliphatic rings. The number of rotatable bonds is 4. The third-order valence-corrected chi connectivity index (χ3v) is 4.13. The van der Waals surface area contributed by atoms with Crippen LogP contribution in [0.15, 0.2) is 27.4 Å². The molecular formula is C15H15FN2O5. The van der Waals surface area contributed by atoms with Crippen LogP contribution in [0.2, 0.25) is 0 Å². The Morgan fingerprint density at radius 2 is 2.17 bits per heavy atom. The van der Waals surface area contributed by atoms with Gasteiger partial charge in [-0.2, -0.15) is 0 Å². The fourth-order valence-corrected chi connectivity index (χ4v) is 3.15. The Morgan fingerprint density at radius 1 is 1.35 bits per heavy atom. The Hall–Kier alpha value is -2.19. The number of hydrogen-bond acceptors (Lipinski definition) is 6. The molecule has 0 bridgehead atoms. The first-order valence-electron chi connectivity index (χ1n) is 7.38. The van der Waals surface area contributed by atoms with Crippen molar-refractivity contribution in [1.82, 2.24) is 10.2 Å². The van der Waals surface area contributed by atoms with E-state index in [2.05, 4.69) is 10.2 Å². The van der Waals surface area contributed by atoms with Crippen LogP contribution in [0, 0.1) is 5.82 Å². The lowest BCUT2D eigenvalue weighted by molar-refractivity contribution is -0.167. The number of H-pyrrole nitrogens is 1. The number of halogens is 1. The second kappa shape index (κ2) is 5.47. The monoisotopic (exact) mass is 322 g/mol. The lowest BCUT2D eigenvalue weighted by atomic mass is 9.91. The van der Waals surface area contributed by atoms with Crippen LogP contribution in [0.25, 0.3) is 0 Å². The van der Waals surface area contributed by atoms with Crippen molar-refractivity contribution < 1.29 is 23.0 Å². The average Bonchev–Trinajstić information content (AvgIpc) is 3.22. The Labute approximate surface area is 130 Å². The summed E-state index contributed by atoms with van der Waals surface area (Å²) >= 11 is 0. The molecule has 3 heterocycles. The zero-order valence-electron chi connectivity index (χ0n) is 12.2. The van der Waals surface area contributed by atoms with Crippen LogP contribution in [0.3, 0.4) is 0 Å². The topological polar surface area (TPSA) is 86.6 Å². The third-order valence-electron chi connectivity index (χ3n) is 4.13. The van der Waals surface area contributed by atoms with Gasteiger partial charge < -0.3 is 18.6 Å². The number of fused-ring (bicyclic) bond motifs is 1. The summed E-state index contributed by atoms with van der Waals surface area (Å²) in [5.41, 5.74) is 0.924. The standard InChI is InChI=1S/C15H15FN2O5/c16-10-1-2-11-9(8-20-12(11)5-10)6-15(21-3-4-22-15)7-13-17-18-14(19)23-13/h1-2,5,9H,3-4,6-8H2,(H,18,19). The Bertz CT molecular complexity index is 765. The van der Waals surface area contributed by atoms with Crippen LogP contribution in [0.1, 0.15) is 23.8 Å². The van der Waals surface area contributed by atoms with Gasteiger partial charge in [-0.3, -0.25) is 0 Å². The van der Waals surface area contributed by atoms with Gasteiger partial charge >= 0.3 is 5.76 Å². The number of aromatic amines is 1. The Morgan fingerprint density at radius 3 is 2.91 bits per heavy atom. The van der Waals surface area contributed by atoms with E-state index in [-0.39, 0.29) is 24.0 Å². The van der Waals surface area contributed by atoms with Crippen molar-refractivity contribution >= 4 is 0 Å². The minimum atomic E-state index is -0.921. The summed E-state index contributed by atoms with van der Waals surface area (Å²) < 4.78 is 35.4. The van der Waals surface area contributed by atoms with Gasteiger partial charge in [0, 0.05) is 24.0 Å². The summed E-state index contributed by atoms with van der Waals surface area (Å²) in [6, 6.07) is 4.51. The molecule has 23 heavy (non-hydrogen) atoms. The molecule has 122 valence electrons. The SMILES string of the molecule is O=c1[nH]nc(CC2(CC3COc4cc(F)ccc43)OCCO2)o1. The Balaban J connectivity index is 1.57. The van der Waals surface area contributed by atoms with Crippen LogP contribution < -0.4 is 10.5 Å². The minimum absolute atomic E-state index is 0.00867. The van der Waals surface area contributed by atoms with E-state index in [9.17, 15) is 9.18 Å². The molecule has 2 aromatic rings. The summed E-state index contributed by atoms with van der Waals surface area (Å²) in [6.07, 6.45) is 0.723. The van der Waals surface area contributed by atoms with E-state index in [0.717, 1.165) is 5.56 Å². The van der Waals surface area contributed by atoms with Gasteiger partial charge in [-0.15, -0.1) is 5.10 Å². The van der Waals surface area contributed by atoms with Gasteiger partial charge in [0.1, 0.15) is 11.6 Å². The number of nitrogens with zero attached hydrogens (tertiary/aromatic N) is 1. The van der Waals surface area contributed by atoms with E-state index in [1.54, 1.807) is 6.07 Å². The number of ether oxygens (including phenoxy) is 3. The zero-order chi connectivity index (χ0) is 15.9. The molecular weight excluding hydrogens is 307 g/mol. The second-order valence-corrected chi connectivity index (χ2v) is 5.69. The highest BCUT2D eigenvalue weighted by Crippen LogP contribution is 2.41. The van der Waals surface area contributed by atoms with Gasteiger partial charge in [0.2, 0.25) is 5.89 Å². The highest BCUT2D eigenvalue weighted by molar-refractivity contribution is 5.40. The van der Waals surface area contributed by atoms with E-state index in [1.807, 2.05) is 0 Å². The highest BCUT2D eigenvalue weighted by Gasteiger charge is 2.43. The summed E-state index contributed by atoms with van der Waals surface area (Å²) in [6.45, 7) is 1.34. The highest BCUT2D eigenvalue weighted by atomic mass is 19.1. The fourth-order valence-electron chi connectivity index (χ4n) is 3.15. The average molecular weight is 322 g/mol. The van der Waals surface area contributed by atoms with Crippen molar-refractivity contribution in [2.75, 3.05) is 19.8 Å². The molecule has 0 radical (unpaired) electrons. The van der Waals surface area contributed by atoms with Crippen molar-refractivity contribution in [1.29, 1.82) is 0 Å². The van der Waals surface area contributed by atoms with Crippen molar-refractivity contribution in [3.8, 4) is 5.75 Å². The first kappa shape index (κ1) is 14.4. The molecule has 7 nitrogen and oxygen atoms in total. The van der Waals surface area contributed by atoms with Gasteiger partial charge in [0.15, 0.2) is 5.79 Å². The van der Waals surface area contributed by atoms with Gasteiger partial charge in [-0.25, -0.2) is 14.3 Å². The van der Waals surface area contributed by atoms with Crippen LogP contribution in [-0.2, 0) is 15.9 Å². The van der Waals surface area contributed by atoms with E-state index in [1.165, 1.54) is 12.1 Å². The summed E-state index contributed by atoms with van der Waals surface area (Å²) in [5, 5.41) is 6.04. The molecule has 4 rings (SSSR count). The lowest BCUT2D eigenvalue weighted by Crippen LogP contribution is -2.35. The maximum absolute atomic E-state index is 13.3. The minimum Gasteiger partial charge on any atom is -0.493 e. The molecule has 1 fully saturated rings. The predicted molar refractivity (Wildman–Crippen MR) is 74.7 cm³/mol. The van der Waals surface area contributed by atoms with Crippen LogP contribution in [0.5, 0.6) is 5.75 Å². The van der Waals surface area contributed by atoms with Gasteiger partial charge in [0.25, 0.3) is 0 Å². The van der Waals surface area contributed by atoms with Gasteiger partial charge in [-0.05, 0) is 6.07 Å². The first-order valence-corrected chi connectivity index (χ1v) is 7.38. The summed E-state index contributed by atoms with van der Waals surface area (Å²) in [4.78, 5) is 11.1. The van der Waals surface area contributed by atoms with Crippen LogP contribution in [-0.4, -0.2) is 35.8 Å². The van der Waals surface area contributed by atoms with Crippen LogP contribution in [0.4, 0.5) is 4.39 Å². The fraction of sp³-hybridized carbons (Fsp3) is 0.467. The quantitative estimate of drug-likeness (QED) is 0.914. The van der Waals surface area contributed by atoms with Crippen molar-refractivity contribution in [2.45, 2.75) is 24.5 Å². The van der Waals surface area contributed by atoms with Crippen molar-refractivity contribution in [3.05, 3.63) is 46.0 Å². The molecule has 1 aromatic carbocycles. The predicted octanol–water partition coefficient (Wildman–Crippen LogP) is 1.35. The number of benzene rings is 1. The third kappa shape index (κ3) is 2.75. The maximum atomic E-state index is 13.3. The second-order valence-electron chi connectivity index (χ2n) is 5.69. The lowest BCUT2D eigenvalue weighted by Gasteiger charge is -2.28. The van der Waals surface area contributed by atoms with Gasteiger partial charge in [-0.1, -0.05) is 6.07 Å². The molecule has 1 N–H and O–H groups in total. The molecule has 0 amide bonds. The number of aromatic nitrogens is 2.